The lowest BCUT2D eigenvalue weighted by atomic mass is 9.94. The zero-order chi connectivity index (χ0) is 26.4. The van der Waals surface area contributed by atoms with Crippen LogP contribution in [0.5, 0.6) is 0 Å². The van der Waals surface area contributed by atoms with Crippen molar-refractivity contribution in [2.24, 2.45) is 0 Å². The predicted molar refractivity (Wildman–Crippen MR) is 148 cm³/mol. The van der Waals surface area contributed by atoms with E-state index in [4.69, 9.17) is 4.74 Å². The summed E-state index contributed by atoms with van der Waals surface area (Å²) in [7, 11) is 0. The van der Waals surface area contributed by atoms with E-state index in [1.54, 1.807) is 6.20 Å². The number of benzene rings is 1. The minimum Gasteiger partial charge on any atom is -0.379 e. The second-order valence-electron chi connectivity index (χ2n) is 11.8. The van der Waals surface area contributed by atoms with Crippen molar-refractivity contribution in [2.45, 2.75) is 69.0 Å². The molecule has 3 saturated heterocycles. The van der Waals surface area contributed by atoms with Gasteiger partial charge in [0.25, 0.3) is 0 Å². The van der Waals surface area contributed by atoms with Crippen LogP contribution in [0.1, 0.15) is 50.5 Å². The molecule has 2 aromatic rings. The van der Waals surface area contributed by atoms with Crippen LogP contribution in [0, 0.1) is 5.82 Å². The molecule has 208 valence electrons. The van der Waals surface area contributed by atoms with E-state index in [1.807, 2.05) is 12.1 Å². The molecular weight excluding hydrogens is 497 g/mol. The summed E-state index contributed by atoms with van der Waals surface area (Å²) in [6, 6.07) is 6.21. The number of piperidine rings is 1. The van der Waals surface area contributed by atoms with Gasteiger partial charge in [0.05, 0.1) is 18.9 Å². The molecule has 1 unspecified atom stereocenters. The van der Waals surface area contributed by atoms with Crippen LogP contribution in [0.25, 0.3) is 0 Å². The van der Waals surface area contributed by atoms with E-state index in [0.29, 0.717) is 41.6 Å². The molecule has 1 atom stereocenters. The van der Waals surface area contributed by atoms with E-state index < -0.39 is 5.54 Å². The Kier molecular flexibility index (Phi) is 6.55. The van der Waals surface area contributed by atoms with Gasteiger partial charge in [0.1, 0.15) is 17.2 Å². The van der Waals surface area contributed by atoms with Crippen molar-refractivity contribution in [3.05, 3.63) is 35.8 Å². The van der Waals surface area contributed by atoms with Crippen molar-refractivity contribution in [3.8, 4) is 0 Å². The van der Waals surface area contributed by atoms with Crippen molar-refractivity contribution in [2.75, 3.05) is 61.5 Å². The SMILES string of the molecule is O=C1N(C2CCCC2)CCC12Cc1cnc(Nc3ccc(N4CCC(N5CCOCC5)CC4)c(F)c3)nc1N2. The van der Waals surface area contributed by atoms with Crippen LogP contribution in [0.3, 0.4) is 0 Å². The summed E-state index contributed by atoms with van der Waals surface area (Å²) < 4.78 is 20.7. The Balaban J connectivity index is 0.986. The number of carbonyl (C=O) groups excluding carboxylic acids is 1. The summed E-state index contributed by atoms with van der Waals surface area (Å²) in [4.78, 5) is 29.3. The molecule has 7 rings (SSSR count). The number of nitrogens with one attached hydrogen (secondary N) is 2. The van der Waals surface area contributed by atoms with Gasteiger partial charge in [0, 0.05) is 68.7 Å². The smallest absolute Gasteiger partial charge is 0.248 e. The molecular formula is C29H38FN7O2. The lowest BCUT2D eigenvalue weighted by Crippen LogP contribution is -2.49. The first-order valence-corrected chi connectivity index (χ1v) is 14.7. The van der Waals surface area contributed by atoms with Crippen LogP contribution in [0.15, 0.2) is 24.4 Å². The molecule has 1 amide bonds. The maximum absolute atomic E-state index is 15.2. The molecule has 5 aliphatic rings. The molecule has 1 aromatic heterocycles. The average Bonchev–Trinajstić information content (AvgIpc) is 3.69. The fourth-order valence-corrected chi connectivity index (χ4v) is 7.32. The number of morpholine rings is 1. The second kappa shape index (κ2) is 10.2. The van der Waals surface area contributed by atoms with E-state index in [1.165, 1.54) is 18.9 Å². The van der Waals surface area contributed by atoms with Crippen molar-refractivity contribution in [3.63, 3.8) is 0 Å². The molecule has 0 bridgehead atoms. The molecule has 0 radical (unpaired) electrons. The highest BCUT2D eigenvalue weighted by molar-refractivity contribution is 5.94. The van der Waals surface area contributed by atoms with Gasteiger partial charge in [-0.1, -0.05) is 12.8 Å². The molecule has 39 heavy (non-hydrogen) atoms. The van der Waals surface area contributed by atoms with Crippen molar-refractivity contribution in [1.29, 1.82) is 0 Å². The van der Waals surface area contributed by atoms with E-state index in [9.17, 15) is 4.79 Å². The van der Waals surface area contributed by atoms with Crippen LogP contribution >= 0.6 is 0 Å². The zero-order valence-corrected chi connectivity index (χ0v) is 22.5. The van der Waals surface area contributed by atoms with E-state index in [-0.39, 0.29) is 11.7 Å². The van der Waals surface area contributed by atoms with Crippen molar-refractivity contribution < 1.29 is 13.9 Å². The number of hydrogen-bond acceptors (Lipinski definition) is 8. The topological polar surface area (TPSA) is 85.9 Å². The van der Waals surface area contributed by atoms with Crippen LogP contribution in [-0.4, -0.2) is 89.2 Å². The van der Waals surface area contributed by atoms with E-state index in [0.717, 1.165) is 83.6 Å². The van der Waals surface area contributed by atoms with Gasteiger partial charge in [-0.3, -0.25) is 9.69 Å². The summed E-state index contributed by atoms with van der Waals surface area (Å²) in [6.07, 6.45) is 9.94. The Bertz CT molecular complexity index is 1220. The normalized spacial score (nSPS) is 26.4. The van der Waals surface area contributed by atoms with Crippen molar-refractivity contribution in [1.82, 2.24) is 19.8 Å². The Morgan fingerprint density at radius 1 is 1.03 bits per heavy atom. The molecule has 4 fully saturated rings. The van der Waals surface area contributed by atoms with Gasteiger partial charge in [-0.05, 0) is 50.3 Å². The van der Waals surface area contributed by atoms with Crippen LogP contribution in [0.2, 0.25) is 0 Å². The lowest BCUT2D eigenvalue weighted by molar-refractivity contribution is -0.133. The van der Waals surface area contributed by atoms with Crippen LogP contribution < -0.4 is 15.5 Å². The summed E-state index contributed by atoms with van der Waals surface area (Å²) >= 11 is 0. The summed E-state index contributed by atoms with van der Waals surface area (Å²) in [6.45, 7) is 6.12. The standard InChI is InChI=1S/C29H38FN7O2/c30-24-17-21(5-6-25(24)36-10-7-22(8-11-36)35-13-15-39-16-14-35)32-28-31-19-20-18-29(34-26(20)33-28)9-12-37(27(29)38)23-3-1-2-4-23/h5-6,17,19,22-23H,1-4,7-16,18H2,(H2,31,32,33,34). The van der Waals surface area contributed by atoms with Gasteiger partial charge in [-0.25, -0.2) is 9.37 Å². The van der Waals surface area contributed by atoms with E-state index in [2.05, 4.69) is 35.3 Å². The Hall–Kier alpha value is -2.98. The summed E-state index contributed by atoms with van der Waals surface area (Å²) in [5, 5.41) is 6.62. The number of nitrogens with zero attached hydrogens (tertiary/aromatic N) is 5. The number of ether oxygens (including phenoxy) is 1. The molecule has 9 nitrogen and oxygen atoms in total. The quantitative estimate of drug-likeness (QED) is 0.602. The van der Waals surface area contributed by atoms with Gasteiger partial charge in [-0.15, -0.1) is 0 Å². The highest BCUT2D eigenvalue weighted by Gasteiger charge is 2.52. The molecule has 5 heterocycles. The summed E-state index contributed by atoms with van der Waals surface area (Å²) in [5.74, 6) is 1.06. The molecule has 1 aromatic carbocycles. The second-order valence-corrected chi connectivity index (χ2v) is 11.8. The Morgan fingerprint density at radius 2 is 1.82 bits per heavy atom. The fraction of sp³-hybridized carbons (Fsp3) is 0.621. The third-order valence-electron chi connectivity index (χ3n) is 9.50. The third kappa shape index (κ3) is 4.71. The van der Waals surface area contributed by atoms with Gasteiger partial charge in [0.2, 0.25) is 11.9 Å². The maximum atomic E-state index is 15.2. The van der Waals surface area contributed by atoms with Gasteiger partial charge < -0.3 is 25.2 Å². The predicted octanol–water partition coefficient (Wildman–Crippen LogP) is 3.54. The third-order valence-corrected chi connectivity index (χ3v) is 9.50. The van der Waals surface area contributed by atoms with Gasteiger partial charge in [-0.2, -0.15) is 4.98 Å². The van der Waals surface area contributed by atoms with Gasteiger partial charge >= 0.3 is 0 Å². The number of hydrogen-bond donors (Lipinski definition) is 2. The molecule has 1 saturated carbocycles. The molecule has 4 aliphatic heterocycles. The number of aromatic nitrogens is 2. The minimum absolute atomic E-state index is 0.202. The van der Waals surface area contributed by atoms with Crippen LogP contribution in [0.4, 0.5) is 27.5 Å². The maximum Gasteiger partial charge on any atom is 0.248 e. The minimum atomic E-state index is -0.596. The van der Waals surface area contributed by atoms with Gasteiger partial charge in [0.15, 0.2) is 0 Å². The number of fused-ring (bicyclic) bond motifs is 1. The monoisotopic (exact) mass is 535 g/mol. The fourth-order valence-electron chi connectivity index (χ4n) is 7.32. The number of halogens is 1. The molecule has 10 heteroatoms. The lowest BCUT2D eigenvalue weighted by Gasteiger charge is -2.40. The highest BCUT2D eigenvalue weighted by Crippen LogP contribution is 2.41. The number of likely N-dealkylation sites (tertiary alicyclic amines) is 1. The molecule has 2 N–H and O–H groups in total. The Morgan fingerprint density at radius 3 is 2.59 bits per heavy atom. The number of anilines is 4. The number of amides is 1. The first kappa shape index (κ1) is 25.0. The molecule has 1 spiro atoms. The molecule has 1 aliphatic carbocycles. The first-order chi connectivity index (χ1) is 19.1. The number of rotatable bonds is 5. The summed E-state index contributed by atoms with van der Waals surface area (Å²) in [5.41, 5.74) is 1.62. The largest absolute Gasteiger partial charge is 0.379 e. The number of carbonyl (C=O) groups is 1. The Labute approximate surface area is 229 Å². The highest BCUT2D eigenvalue weighted by atomic mass is 19.1. The van der Waals surface area contributed by atoms with E-state index >= 15 is 4.39 Å². The average molecular weight is 536 g/mol. The van der Waals surface area contributed by atoms with Crippen molar-refractivity contribution >= 4 is 29.0 Å². The first-order valence-electron chi connectivity index (χ1n) is 14.7. The zero-order valence-electron chi connectivity index (χ0n) is 22.5. The van der Waals surface area contributed by atoms with Crippen LogP contribution in [-0.2, 0) is 16.0 Å².